The number of hydrogen-bond acceptors (Lipinski definition) is 5. The number of alkyl carbamates (subject to hydrolysis) is 1. The Hall–Kier alpha value is -3.30. The number of rotatable bonds is 4. The van der Waals surface area contributed by atoms with E-state index in [1.54, 1.807) is 0 Å². The molecule has 1 aliphatic heterocycles. The number of carbonyl (C=O) groups is 1. The van der Waals surface area contributed by atoms with Crippen molar-refractivity contribution >= 4 is 17.9 Å². The number of pyridine rings is 1. The highest BCUT2D eigenvalue weighted by Gasteiger charge is 2.29. The van der Waals surface area contributed by atoms with Crippen molar-refractivity contribution in [1.29, 1.82) is 5.41 Å². The van der Waals surface area contributed by atoms with E-state index in [2.05, 4.69) is 4.98 Å². The number of nitrogens with two attached hydrogens (primary N) is 1. The van der Waals surface area contributed by atoms with Gasteiger partial charge in [-0.3, -0.25) is 10.7 Å². The Balaban J connectivity index is 1.78. The lowest BCUT2D eigenvalue weighted by Crippen LogP contribution is -2.49. The lowest BCUT2D eigenvalue weighted by atomic mass is 10.0. The molecular formula is C17H16F3N5O2. The maximum Gasteiger partial charge on any atom is 0.414 e. The van der Waals surface area contributed by atoms with Gasteiger partial charge in [0, 0.05) is 22.9 Å². The topological polar surface area (TPSA) is 104 Å². The molecule has 0 spiro atoms. The van der Waals surface area contributed by atoms with Gasteiger partial charge in [0.15, 0.2) is 17.6 Å². The maximum absolute atomic E-state index is 14.7. The zero-order valence-electron chi connectivity index (χ0n) is 14.0. The van der Waals surface area contributed by atoms with E-state index in [9.17, 15) is 18.0 Å². The highest BCUT2D eigenvalue weighted by molar-refractivity contribution is 5.90. The molecule has 0 aliphatic carbocycles. The van der Waals surface area contributed by atoms with Gasteiger partial charge >= 0.3 is 6.09 Å². The van der Waals surface area contributed by atoms with E-state index in [1.165, 1.54) is 29.3 Å². The molecule has 142 valence electrons. The molecule has 2 aromatic rings. The smallest absolute Gasteiger partial charge is 0.414 e. The minimum absolute atomic E-state index is 0.0217. The number of nitrogens with zero attached hydrogens (tertiary/aromatic N) is 2. The van der Waals surface area contributed by atoms with Crippen LogP contribution in [-0.4, -0.2) is 36.3 Å². The average molecular weight is 379 g/mol. The zero-order chi connectivity index (χ0) is 19.6. The maximum atomic E-state index is 14.7. The molecule has 7 nitrogen and oxygen atoms in total. The summed E-state index contributed by atoms with van der Waals surface area (Å²) in [6, 6.07) is 5.49. The van der Waals surface area contributed by atoms with Crippen molar-refractivity contribution in [2.24, 2.45) is 5.73 Å². The Bertz CT molecular complexity index is 887. The van der Waals surface area contributed by atoms with Crippen molar-refractivity contribution in [1.82, 2.24) is 10.3 Å². The molecule has 0 unspecified atom stereocenters. The summed E-state index contributed by atoms with van der Waals surface area (Å²) in [5, 5.41) is 8.82. The summed E-state index contributed by atoms with van der Waals surface area (Å²) in [6.07, 6.45) is -0.694. The van der Waals surface area contributed by atoms with E-state index in [4.69, 9.17) is 15.9 Å². The molecule has 0 atom stereocenters. The number of aromatic nitrogens is 1. The zero-order valence-corrected chi connectivity index (χ0v) is 14.0. The second-order valence-electron chi connectivity index (χ2n) is 5.93. The summed E-state index contributed by atoms with van der Waals surface area (Å²) in [5.41, 5.74) is 5.32. The van der Waals surface area contributed by atoms with Gasteiger partial charge in [-0.15, -0.1) is 0 Å². The minimum atomic E-state index is -1.000. The first-order chi connectivity index (χ1) is 12.8. The number of benzene rings is 1. The normalized spacial score (nSPS) is 13.8. The quantitative estimate of drug-likeness (QED) is 0.559. The van der Waals surface area contributed by atoms with E-state index in [1.807, 2.05) is 5.32 Å². The summed E-state index contributed by atoms with van der Waals surface area (Å²) in [7, 11) is 0. The summed E-state index contributed by atoms with van der Waals surface area (Å²) >= 11 is 0. The Labute approximate surface area is 152 Å². The number of guanidine groups is 1. The molecule has 1 aromatic carbocycles. The van der Waals surface area contributed by atoms with E-state index in [-0.39, 0.29) is 35.6 Å². The Kier molecular flexibility index (Phi) is 5.15. The number of carbonyl (C=O) groups excluding carboxylic acids is 1. The van der Waals surface area contributed by atoms with Gasteiger partial charge < -0.3 is 15.4 Å². The van der Waals surface area contributed by atoms with Crippen LogP contribution < -0.4 is 16.0 Å². The molecule has 3 rings (SSSR count). The first-order valence-electron chi connectivity index (χ1n) is 7.95. The lowest BCUT2D eigenvalue weighted by molar-refractivity contribution is 0.143. The van der Waals surface area contributed by atoms with Gasteiger partial charge in [-0.05, 0) is 6.07 Å². The summed E-state index contributed by atoms with van der Waals surface area (Å²) in [5.74, 6) is -1.96. The van der Waals surface area contributed by atoms with E-state index in [0.717, 1.165) is 6.07 Å². The van der Waals surface area contributed by atoms with Crippen LogP contribution in [-0.2, 0) is 11.3 Å². The van der Waals surface area contributed by atoms with Crippen LogP contribution in [0.2, 0.25) is 0 Å². The fraction of sp³-hybridized carbons (Fsp3) is 0.235. The highest BCUT2D eigenvalue weighted by atomic mass is 19.1. The molecule has 1 saturated heterocycles. The van der Waals surface area contributed by atoms with Crippen molar-refractivity contribution < 1.29 is 22.7 Å². The average Bonchev–Trinajstić information content (AvgIpc) is 2.58. The van der Waals surface area contributed by atoms with Gasteiger partial charge in [0.25, 0.3) is 0 Å². The Morgan fingerprint density at radius 2 is 2.15 bits per heavy atom. The van der Waals surface area contributed by atoms with Crippen molar-refractivity contribution in [3.05, 3.63) is 47.7 Å². The van der Waals surface area contributed by atoms with Crippen molar-refractivity contribution in [2.75, 3.05) is 18.0 Å². The van der Waals surface area contributed by atoms with Crippen molar-refractivity contribution in [3.63, 3.8) is 0 Å². The molecule has 10 heteroatoms. The standard InChI is InChI=1S/C17H16F3N5O2/c18-11-6-25(7-11)15-13(19)4-10(5-23-15)12-3-1-2-9(14(12)20)8-27-17(26)24-16(21)22/h1-5,11H,6-8H2,(H4,21,22,24,26). The largest absolute Gasteiger partial charge is 0.444 e. The summed E-state index contributed by atoms with van der Waals surface area (Å²) < 4.78 is 46.7. The molecule has 0 radical (unpaired) electrons. The molecule has 1 amide bonds. The van der Waals surface area contributed by atoms with Crippen LogP contribution in [0.1, 0.15) is 5.56 Å². The van der Waals surface area contributed by atoms with E-state index in [0.29, 0.717) is 0 Å². The van der Waals surface area contributed by atoms with Crippen LogP contribution in [0, 0.1) is 17.0 Å². The predicted molar refractivity (Wildman–Crippen MR) is 91.9 cm³/mol. The van der Waals surface area contributed by atoms with Gasteiger partial charge in [-0.25, -0.2) is 22.9 Å². The molecule has 2 heterocycles. The number of anilines is 1. The van der Waals surface area contributed by atoms with E-state index < -0.39 is 36.5 Å². The third-order valence-corrected chi connectivity index (χ3v) is 3.94. The predicted octanol–water partition coefficient (Wildman–Crippen LogP) is 2.30. The van der Waals surface area contributed by atoms with Gasteiger partial charge in [-0.1, -0.05) is 18.2 Å². The van der Waals surface area contributed by atoms with Crippen LogP contribution in [0.4, 0.5) is 23.8 Å². The molecule has 0 saturated carbocycles. The fourth-order valence-electron chi connectivity index (χ4n) is 2.61. The van der Waals surface area contributed by atoms with Crippen LogP contribution in [0.15, 0.2) is 30.5 Å². The molecule has 27 heavy (non-hydrogen) atoms. The first kappa shape index (κ1) is 18.5. The SMILES string of the molecule is N=C(N)NC(=O)OCc1cccc(-c2cnc(N3CC(F)C3)c(F)c2)c1F. The van der Waals surface area contributed by atoms with E-state index >= 15 is 0 Å². The number of amides is 1. The minimum Gasteiger partial charge on any atom is -0.444 e. The molecule has 1 fully saturated rings. The van der Waals surface area contributed by atoms with Crippen LogP contribution in [0.3, 0.4) is 0 Å². The third kappa shape index (κ3) is 4.10. The number of ether oxygens (including phenoxy) is 1. The monoisotopic (exact) mass is 379 g/mol. The summed E-state index contributed by atoms with van der Waals surface area (Å²) in [4.78, 5) is 16.8. The summed E-state index contributed by atoms with van der Waals surface area (Å²) in [6.45, 7) is -0.252. The molecular weight excluding hydrogens is 363 g/mol. The molecule has 0 bridgehead atoms. The van der Waals surface area contributed by atoms with Gasteiger partial charge in [0.1, 0.15) is 18.6 Å². The second-order valence-corrected chi connectivity index (χ2v) is 5.93. The third-order valence-electron chi connectivity index (χ3n) is 3.94. The first-order valence-corrected chi connectivity index (χ1v) is 7.95. The van der Waals surface area contributed by atoms with Crippen LogP contribution in [0.5, 0.6) is 0 Å². The lowest BCUT2D eigenvalue weighted by Gasteiger charge is -2.35. The Morgan fingerprint density at radius 3 is 2.78 bits per heavy atom. The van der Waals surface area contributed by atoms with Crippen LogP contribution >= 0.6 is 0 Å². The van der Waals surface area contributed by atoms with Gasteiger partial charge in [0.05, 0.1) is 13.1 Å². The Morgan fingerprint density at radius 1 is 1.41 bits per heavy atom. The number of alkyl halides is 1. The number of hydrogen-bond donors (Lipinski definition) is 3. The molecule has 4 N–H and O–H groups in total. The molecule has 1 aromatic heterocycles. The second kappa shape index (κ2) is 7.52. The van der Waals surface area contributed by atoms with Crippen molar-refractivity contribution in [3.8, 4) is 11.1 Å². The van der Waals surface area contributed by atoms with Crippen LogP contribution in [0.25, 0.3) is 11.1 Å². The number of halogens is 3. The van der Waals surface area contributed by atoms with Gasteiger partial charge in [0.2, 0.25) is 0 Å². The fourth-order valence-corrected chi connectivity index (χ4v) is 2.61. The molecule has 1 aliphatic rings. The highest BCUT2D eigenvalue weighted by Crippen LogP contribution is 2.29. The van der Waals surface area contributed by atoms with Gasteiger partial charge in [-0.2, -0.15) is 0 Å². The van der Waals surface area contributed by atoms with Crippen molar-refractivity contribution in [2.45, 2.75) is 12.8 Å². The number of nitrogens with one attached hydrogen (secondary N) is 2.